The largest absolute Gasteiger partial charge is 0.486 e. The Labute approximate surface area is 237 Å². The van der Waals surface area contributed by atoms with Gasteiger partial charge in [0.1, 0.15) is 23.1 Å². The lowest BCUT2D eigenvalue weighted by atomic mass is 9.78. The van der Waals surface area contributed by atoms with Gasteiger partial charge in [0.25, 0.3) is 5.91 Å². The second-order valence-corrected chi connectivity index (χ2v) is 10.5. The average Bonchev–Trinajstić information content (AvgIpc) is 3.56. The van der Waals surface area contributed by atoms with Crippen LogP contribution in [0.25, 0.3) is 0 Å². The van der Waals surface area contributed by atoms with Gasteiger partial charge in [0.2, 0.25) is 0 Å². The number of carbonyl (C=O) groups excluding carboxylic acids is 1. The lowest BCUT2D eigenvalue weighted by molar-refractivity contribution is 0.0992. The van der Waals surface area contributed by atoms with Crippen molar-refractivity contribution in [3.8, 4) is 5.75 Å². The first-order valence-corrected chi connectivity index (χ1v) is 13.2. The van der Waals surface area contributed by atoms with Crippen LogP contribution in [0.2, 0.25) is 10.0 Å². The Kier molecular flexibility index (Phi) is 7.77. The molecule has 0 aliphatic carbocycles. The predicted molar refractivity (Wildman–Crippen MR) is 154 cm³/mol. The lowest BCUT2D eigenvalue weighted by Crippen LogP contribution is -2.18. The Bertz CT molecular complexity index is 1570. The second kappa shape index (κ2) is 11.4. The quantitative estimate of drug-likeness (QED) is 0.198. The maximum Gasteiger partial charge on any atom is 0.292 e. The van der Waals surface area contributed by atoms with E-state index in [4.69, 9.17) is 32.4 Å². The van der Waals surface area contributed by atoms with Crippen molar-refractivity contribution >= 4 is 34.9 Å². The molecule has 6 nitrogen and oxygen atoms in total. The average molecular weight is 560 g/mol. The van der Waals surface area contributed by atoms with Crippen LogP contribution in [0.1, 0.15) is 46.9 Å². The van der Waals surface area contributed by atoms with Crippen molar-refractivity contribution in [1.29, 1.82) is 0 Å². The Morgan fingerprint density at radius 1 is 0.897 bits per heavy atom. The van der Waals surface area contributed by atoms with Gasteiger partial charge in [0.15, 0.2) is 11.6 Å². The highest BCUT2D eigenvalue weighted by atomic mass is 35.5. The first-order chi connectivity index (χ1) is 18.8. The number of rotatable bonds is 9. The highest BCUT2D eigenvalue weighted by molar-refractivity contribution is 6.33. The van der Waals surface area contributed by atoms with Gasteiger partial charge in [-0.05, 0) is 47.0 Å². The summed E-state index contributed by atoms with van der Waals surface area (Å²) < 4.78 is 13.2. The Morgan fingerprint density at radius 2 is 1.59 bits per heavy atom. The van der Waals surface area contributed by atoms with Crippen LogP contribution in [0.3, 0.4) is 0 Å². The van der Waals surface area contributed by atoms with Crippen molar-refractivity contribution in [2.24, 2.45) is 0 Å². The van der Waals surface area contributed by atoms with E-state index in [1.807, 2.05) is 42.5 Å². The number of nitrogens with one attached hydrogen (secondary N) is 1. The second-order valence-electron chi connectivity index (χ2n) is 9.64. The highest BCUT2D eigenvalue weighted by Crippen LogP contribution is 2.32. The van der Waals surface area contributed by atoms with Crippen LogP contribution in [-0.2, 0) is 18.6 Å². The summed E-state index contributed by atoms with van der Waals surface area (Å²) in [4.78, 5) is 12.7. The van der Waals surface area contributed by atoms with Crippen LogP contribution in [0.4, 0.5) is 5.82 Å². The highest BCUT2D eigenvalue weighted by Gasteiger charge is 2.23. The van der Waals surface area contributed by atoms with Crippen molar-refractivity contribution < 1.29 is 13.9 Å². The molecule has 0 unspecified atom stereocenters. The van der Waals surface area contributed by atoms with Gasteiger partial charge in [-0.25, -0.2) is 0 Å². The van der Waals surface area contributed by atoms with Crippen molar-refractivity contribution in [3.05, 3.63) is 135 Å². The number of furan rings is 1. The number of amides is 1. The van der Waals surface area contributed by atoms with Gasteiger partial charge in [-0.3, -0.25) is 9.48 Å². The molecule has 1 amide bonds. The van der Waals surface area contributed by atoms with E-state index < -0.39 is 5.91 Å². The summed E-state index contributed by atoms with van der Waals surface area (Å²) in [5.74, 6) is 1.13. The lowest BCUT2D eigenvalue weighted by Gasteiger charge is -2.26. The van der Waals surface area contributed by atoms with Crippen LogP contribution >= 0.6 is 23.2 Å². The number of nitrogens with zero attached hydrogens (tertiary/aromatic N) is 2. The summed E-state index contributed by atoms with van der Waals surface area (Å²) >= 11 is 12.5. The molecule has 0 bridgehead atoms. The van der Waals surface area contributed by atoms with E-state index >= 15 is 0 Å². The SMILES string of the molecule is CC(C)(c1ccccc1)c1ccc(OCc2ccc(C(=O)Nc3nn(Cc4ccccc4Cl)cc3Cl)o2)cc1. The van der Waals surface area contributed by atoms with Gasteiger partial charge in [-0.15, -0.1) is 0 Å². The minimum Gasteiger partial charge on any atom is -0.486 e. The van der Waals surface area contributed by atoms with Gasteiger partial charge < -0.3 is 14.5 Å². The summed E-state index contributed by atoms with van der Waals surface area (Å²) in [6, 6.07) is 29.2. The van der Waals surface area contributed by atoms with E-state index in [0.717, 1.165) is 5.56 Å². The Morgan fingerprint density at radius 3 is 2.33 bits per heavy atom. The van der Waals surface area contributed by atoms with E-state index in [9.17, 15) is 4.79 Å². The molecule has 2 heterocycles. The number of benzene rings is 3. The molecule has 0 saturated heterocycles. The van der Waals surface area contributed by atoms with Crippen LogP contribution in [0.5, 0.6) is 5.75 Å². The fourth-order valence-corrected chi connectivity index (χ4v) is 4.65. The van der Waals surface area contributed by atoms with E-state index in [0.29, 0.717) is 28.1 Å². The minimum atomic E-state index is -0.460. The molecule has 0 spiro atoms. The molecule has 0 fully saturated rings. The number of anilines is 1. The van der Waals surface area contributed by atoms with E-state index in [1.54, 1.807) is 23.0 Å². The number of halogens is 2. The zero-order valence-electron chi connectivity index (χ0n) is 21.5. The van der Waals surface area contributed by atoms with Crippen molar-refractivity contribution in [1.82, 2.24) is 9.78 Å². The van der Waals surface area contributed by atoms with Crippen LogP contribution in [0, 0.1) is 0 Å². The first-order valence-electron chi connectivity index (χ1n) is 12.4. The molecule has 39 heavy (non-hydrogen) atoms. The van der Waals surface area contributed by atoms with E-state index in [2.05, 4.69) is 60.7 Å². The van der Waals surface area contributed by atoms with Gasteiger partial charge in [0.05, 0.1) is 6.54 Å². The molecule has 0 atom stereocenters. The van der Waals surface area contributed by atoms with Crippen LogP contribution < -0.4 is 10.1 Å². The summed E-state index contributed by atoms with van der Waals surface area (Å²) in [5, 5.41) is 8.00. The molecule has 8 heteroatoms. The third-order valence-corrected chi connectivity index (χ3v) is 7.22. The van der Waals surface area contributed by atoms with Gasteiger partial charge >= 0.3 is 0 Å². The third kappa shape index (κ3) is 6.19. The predicted octanol–water partition coefficient (Wildman–Crippen LogP) is 7.99. The summed E-state index contributed by atoms with van der Waals surface area (Å²) in [5.41, 5.74) is 3.19. The Balaban J connectivity index is 1.18. The topological polar surface area (TPSA) is 69.3 Å². The van der Waals surface area contributed by atoms with Gasteiger partial charge in [0, 0.05) is 16.6 Å². The monoisotopic (exact) mass is 559 g/mol. The molecule has 0 aliphatic rings. The van der Waals surface area contributed by atoms with Crippen molar-refractivity contribution in [2.45, 2.75) is 32.4 Å². The number of carbonyl (C=O) groups is 1. The van der Waals surface area contributed by atoms with Crippen LogP contribution in [0.15, 0.2) is 102 Å². The standard InChI is InChI=1S/C31H27Cl2N3O3/c1-31(2,22-9-4-3-5-10-22)23-12-14-24(15-13-23)38-20-25-16-17-28(39-25)30(37)34-29-27(33)19-36(35-29)18-21-8-6-7-11-26(21)32/h3-17,19H,18,20H2,1-2H3,(H,34,35,37). The molecule has 198 valence electrons. The Hall–Kier alpha value is -4.00. The van der Waals surface area contributed by atoms with Crippen molar-refractivity contribution in [3.63, 3.8) is 0 Å². The molecule has 0 aliphatic heterocycles. The summed E-state index contributed by atoms with van der Waals surface area (Å²) in [6.45, 7) is 5.00. The van der Waals surface area contributed by atoms with Gasteiger partial charge in [-0.1, -0.05) is 97.7 Å². The summed E-state index contributed by atoms with van der Waals surface area (Å²) in [6.07, 6.45) is 1.63. The molecular weight excluding hydrogens is 533 g/mol. The number of ether oxygens (including phenoxy) is 1. The molecule has 2 aromatic heterocycles. The normalized spacial score (nSPS) is 11.4. The minimum absolute atomic E-state index is 0.129. The fraction of sp³-hybridized carbons (Fsp3) is 0.161. The molecule has 5 rings (SSSR count). The molecule has 0 saturated carbocycles. The third-order valence-electron chi connectivity index (χ3n) is 6.58. The smallest absolute Gasteiger partial charge is 0.292 e. The fourth-order valence-electron chi connectivity index (χ4n) is 4.25. The molecule has 1 N–H and O–H groups in total. The van der Waals surface area contributed by atoms with E-state index in [-0.39, 0.29) is 23.6 Å². The number of aromatic nitrogens is 2. The first kappa shape index (κ1) is 26.6. The van der Waals surface area contributed by atoms with Crippen LogP contribution in [-0.4, -0.2) is 15.7 Å². The maximum absolute atomic E-state index is 12.7. The zero-order chi connectivity index (χ0) is 27.4. The molecule has 0 radical (unpaired) electrons. The van der Waals surface area contributed by atoms with E-state index in [1.165, 1.54) is 11.1 Å². The molecule has 3 aromatic carbocycles. The number of hydrogen-bond acceptors (Lipinski definition) is 4. The summed E-state index contributed by atoms with van der Waals surface area (Å²) in [7, 11) is 0. The maximum atomic E-state index is 12.7. The molecule has 5 aromatic rings. The van der Waals surface area contributed by atoms with Crippen molar-refractivity contribution in [2.75, 3.05) is 5.32 Å². The van der Waals surface area contributed by atoms with Gasteiger partial charge in [-0.2, -0.15) is 5.10 Å². The number of hydrogen-bond donors (Lipinski definition) is 1. The molecular formula is C31H27Cl2N3O3. The zero-order valence-corrected chi connectivity index (χ0v) is 23.0.